The first kappa shape index (κ1) is 24.4. The molecule has 1 N–H and O–H groups in total. The number of hydrogen-bond donors (Lipinski definition) is 1. The Hall–Kier alpha value is -3.72. The van der Waals surface area contributed by atoms with Crippen LogP contribution in [0.1, 0.15) is 27.9 Å². The molecule has 0 spiro atoms. The zero-order valence-electron chi connectivity index (χ0n) is 19.6. The minimum absolute atomic E-state index is 0.0307. The maximum absolute atomic E-state index is 13.3. The van der Waals surface area contributed by atoms with Crippen molar-refractivity contribution in [3.8, 4) is 5.69 Å². The number of hydrogen-bond acceptors (Lipinski definition) is 5. The van der Waals surface area contributed by atoms with E-state index in [4.69, 9.17) is 0 Å². The maximum Gasteiger partial charge on any atom is 0.254 e. The van der Waals surface area contributed by atoms with Crippen LogP contribution in [0.3, 0.4) is 0 Å². The lowest BCUT2D eigenvalue weighted by Crippen LogP contribution is -2.41. The van der Waals surface area contributed by atoms with E-state index in [-0.39, 0.29) is 42.3 Å². The van der Waals surface area contributed by atoms with Crippen molar-refractivity contribution in [2.75, 3.05) is 23.4 Å². The molecule has 1 fully saturated rings. The number of carbonyl (C=O) groups is 2. The van der Waals surface area contributed by atoms with Crippen LogP contribution < -0.4 is 5.32 Å². The van der Waals surface area contributed by atoms with Gasteiger partial charge in [0.25, 0.3) is 5.91 Å². The quantitative estimate of drug-likeness (QED) is 0.487. The van der Waals surface area contributed by atoms with Crippen LogP contribution in [0.5, 0.6) is 0 Å². The van der Waals surface area contributed by atoms with Crippen LogP contribution >= 0.6 is 0 Å². The molecular formula is C26H28N4O4S. The molecule has 0 saturated carbocycles. The third-order valence-corrected chi connectivity index (χ3v) is 7.66. The van der Waals surface area contributed by atoms with Gasteiger partial charge in [-0.2, -0.15) is 5.10 Å². The lowest BCUT2D eigenvalue weighted by Gasteiger charge is -2.27. The van der Waals surface area contributed by atoms with Crippen LogP contribution in [-0.2, 0) is 21.1 Å². The minimum atomic E-state index is -3.13. The van der Waals surface area contributed by atoms with Crippen molar-refractivity contribution in [1.29, 1.82) is 0 Å². The molecule has 0 aliphatic carbocycles. The number of aromatic nitrogens is 2. The molecule has 1 saturated heterocycles. The normalized spacial score (nSPS) is 16.5. The molecule has 1 aliphatic rings. The fourth-order valence-corrected chi connectivity index (χ4v) is 5.98. The van der Waals surface area contributed by atoms with Crippen molar-refractivity contribution >= 4 is 27.3 Å². The Morgan fingerprint density at radius 3 is 2.74 bits per heavy atom. The summed E-state index contributed by atoms with van der Waals surface area (Å²) in [5.74, 6) is -0.347. The molecule has 182 valence electrons. The Bertz CT molecular complexity index is 1360. The smallest absolute Gasteiger partial charge is 0.254 e. The third kappa shape index (κ3) is 6.05. The van der Waals surface area contributed by atoms with Gasteiger partial charge in [0.1, 0.15) is 0 Å². The second-order valence-electron chi connectivity index (χ2n) is 8.74. The van der Waals surface area contributed by atoms with Gasteiger partial charge < -0.3 is 10.2 Å². The summed E-state index contributed by atoms with van der Waals surface area (Å²) in [5.41, 5.74) is 3.64. The lowest BCUT2D eigenvalue weighted by molar-refractivity contribution is -0.115. The summed E-state index contributed by atoms with van der Waals surface area (Å²) in [6.07, 6.45) is 5.52. The lowest BCUT2D eigenvalue weighted by atomic mass is 10.1. The van der Waals surface area contributed by atoms with E-state index >= 15 is 0 Å². The van der Waals surface area contributed by atoms with Gasteiger partial charge in [0.15, 0.2) is 9.84 Å². The van der Waals surface area contributed by atoms with E-state index in [0.29, 0.717) is 23.4 Å². The Balaban J connectivity index is 1.47. The summed E-state index contributed by atoms with van der Waals surface area (Å²) in [6.45, 7) is 5.96. The predicted octanol–water partition coefficient (Wildman–Crippen LogP) is 3.18. The van der Waals surface area contributed by atoms with E-state index in [1.54, 1.807) is 52.3 Å². The SMILES string of the molecule is C=CCN(C(=O)c1cccc(-n2cc(NC(=O)Cc3cccc(C)c3)cn2)c1)[C@@H]1CCS(=O)(=O)C1. The van der Waals surface area contributed by atoms with Gasteiger partial charge in [0.2, 0.25) is 5.91 Å². The molecule has 1 aliphatic heterocycles. The van der Waals surface area contributed by atoms with Crippen molar-refractivity contribution in [1.82, 2.24) is 14.7 Å². The van der Waals surface area contributed by atoms with Crippen LogP contribution in [0, 0.1) is 6.92 Å². The van der Waals surface area contributed by atoms with Crippen molar-refractivity contribution in [3.05, 3.63) is 90.3 Å². The van der Waals surface area contributed by atoms with Gasteiger partial charge >= 0.3 is 0 Å². The molecule has 4 rings (SSSR count). The highest BCUT2D eigenvalue weighted by Gasteiger charge is 2.34. The summed E-state index contributed by atoms with van der Waals surface area (Å²) < 4.78 is 25.5. The van der Waals surface area contributed by atoms with Gasteiger partial charge in [-0.1, -0.05) is 42.0 Å². The van der Waals surface area contributed by atoms with Gasteiger partial charge in [-0.25, -0.2) is 13.1 Å². The monoisotopic (exact) mass is 492 g/mol. The molecule has 8 nitrogen and oxygen atoms in total. The van der Waals surface area contributed by atoms with E-state index in [2.05, 4.69) is 17.0 Å². The van der Waals surface area contributed by atoms with E-state index < -0.39 is 9.84 Å². The van der Waals surface area contributed by atoms with Gasteiger partial charge in [0, 0.05) is 18.2 Å². The van der Waals surface area contributed by atoms with E-state index in [9.17, 15) is 18.0 Å². The fourth-order valence-electron chi connectivity index (χ4n) is 4.25. The van der Waals surface area contributed by atoms with Crippen molar-refractivity contribution in [2.24, 2.45) is 0 Å². The molecule has 9 heteroatoms. The Labute approximate surface area is 205 Å². The number of sulfone groups is 1. The summed E-state index contributed by atoms with van der Waals surface area (Å²) in [5, 5.41) is 7.17. The number of carbonyl (C=O) groups excluding carboxylic acids is 2. The van der Waals surface area contributed by atoms with E-state index in [1.165, 1.54) is 0 Å². The molecule has 2 aromatic carbocycles. The number of nitrogens with one attached hydrogen (secondary N) is 1. The van der Waals surface area contributed by atoms with Crippen LogP contribution in [0.2, 0.25) is 0 Å². The van der Waals surface area contributed by atoms with Gasteiger partial charge in [0.05, 0.1) is 41.7 Å². The standard InChI is InChI=1S/C26H28N4O4S/c1-3-11-29(24-10-12-35(33,34)18-24)26(32)21-8-5-9-23(15-21)30-17-22(16-27-30)28-25(31)14-20-7-4-6-19(2)13-20/h3-9,13,15-17,24H,1,10-12,14,18H2,2H3,(H,28,31)/t24-/m1/s1. The first-order valence-electron chi connectivity index (χ1n) is 11.4. The fraction of sp³-hybridized carbons (Fsp3) is 0.269. The zero-order valence-corrected chi connectivity index (χ0v) is 20.4. The third-order valence-electron chi connectivity index (χ3n) is 5.91. The van der Waals surface area contributed by atoms with Crippen molar-refractivity contribution < 1.29 is 18.0 Å². The van der Waals surface area contributed by atoms with E-state index in [0.717, 1.165) is 11.1 Å². The highest BCUT2D eigenvalue weighted by molar-refractivity contribution is 7.91. The molecule has 2 heterocycles. The van der Waals surface area contributed by atoms with Gasteiger partial charge in [-0.15, -0.1) is 6.58 Å². The average Bonchev–Trinajstić information content (AvgIpc) is 3.43. The van der Waals surface area contributed by atoms with Gasteiger partial charge in [-0.3, -0.25) is 9.59 Å². The Morgan fingerprint density at radius 2 is 2.03 bits per heavy atom. The minimum Gasteiger partial charge on any atom is -0.331 e. The van der Waals surface area contributed by atoms with Crippen molar-refractivity contribution in [2.45, 2.75) is 25.8 Å². The maximum atomic E-state index is 13.3. The summed E-state index contributed by atoms with van der Waals surface area (Å²) in [6, 6.07) is 14.4. The first-order valence-corrected chi connectivity index (χ1v) is 13.2. The number of benzene rings is 2. The predicted molar refractivity (Wildman–Crippen MR) is 135 cm³/mol. The highest BCUT2D eigenvalue weighted by Crippen LogP contribution is 2.21. The number of amides is 2. The van der Waals surface area contributed by atoms with Crippen molar-refractivity contribution in [3.63, 3.8) is 0 Å². The van der Waals surface area contributed by atoms with Crippen LogP contribution in [-0.4, -0.2) is 59.0 Å². The molecule has 0 unspecified atom stereocenters. The van der Waals surface area contributed by atoms with Crippen LogP contribution in [0.25, 0.3) is 5.69 Å². The van der Waals surface area contributed by atoms with Crippen LogP contribution in [0.15, 0.2) is 73.6 Å². The highest BCUT2D eigenvalue weighted by atomic mass is 32.2. The number of rotatable bonds is 8. The van der Waals surface area contributed by atoms with Crippen LogP contribution in [0.4, 0.5) is 5.69 Å². The number of nitrogens with zero attached hydrogens (tertiary/aromatic N) is 3. The molecular weight excluding hydrogens is 464 g/mol. The summed E-state index contributed by atoms with van der Waals surface area (Å²) >= 11 is 0. The number of aryl methyl sites for hydroxylation is 1. The summed E-state index contributed by atoms with van der Waals surface area (Å²) in [7, 11) is -3.13. The Kier molecular flexibility index (Phi) is 7.16. The molecule has 2 amide bonds. The zero-order chi connectivity index (χ0) is 25.0. The second-order valence-corrected chi connectivity index (χ2v) is 11.0. The molecule has 1 atom stereocenters. The Morgan fingerprint density at radius 1 is 1.23 bits per heavy atom. The second kappa shape index (κ2) is 10.3. The molecule has 1 aromatic heterocycles. The molecule has 3 aromatic rings. The van der Waals surface area contributed by atoms with E-state index in [1.807, 2.05) is 31.2 Å². The molecule has 0 bridgehead atoms. The first-order chi connectivity index (χ1) is 16.7. The summed E-state index contributed by atoms with van der Waals surface area (Å²) in [4.78, 5) is 27.3. The number of anilines is 1. The topological polar surface area (TPSA) is 101 Å². The molecule has 0 radical (unpaired) electrons. The average molecular weight is 493 g/mol. The largest absolute Gasteiger partial charge is 0.331 e. The molecule has 35 heavy (non-hydrogen) atoms. The van der Waals surface area contributed by atoms with Gasteiger partial charge in [-0.05, 0) is 37.1 Å².